The van der Waals surface area contributed by atoms with Gasteiger partial charge in [0.25, 0.3) is 5.91 Å². The van der Waals surface area contributed by atoms with Gasteiger partial charge < -0.3 is 10.4 Å². The molecular formula is C14H13N3O2. The molecule has 0 fully saturated rings. The zero-order valence-corrected chi connectivity index (χ0v) is 10.4. The molecular weight excluding hydrogens is 242 g/mol. The summed E-state index contributed by atoms with van der Waals surface area (Å²) in [4.78, 5) is 11.9. The Balaban J connectivity index is 2.28. The van der Waals surface area contributed by atoms with Crippen molar-refractivity contribution in [3.8, 4) is 11.8 Å². The van der Waals surface area contributed by atoms with E-state index in [4.69, 9.17) is 5.11 Å². The first-order valence-electron chi connectivity index (χ1n) is 5.71. The van der Waals surface area contributed by atoms with E-state index in [2.05, 4.69) is 27.4 Å². The minimum atomic E-state index is -0.258. The number of aromatic nitrogens is 2. The molecule has 0 spiro atoms. The lowest BCUT2D eigenvalue weighted by molar-refractivity contribution is 0.102. The zero-order chi connectivity index (χ0) is 13.7. The van der Waals surface area contributed by atoms with Crippen molar-refractivity contribution in [3.63, 3.8) is 0 Å². The first-order valence-corrected chi connectivity index (χ1v) is 5.71. The molecule has 3 N–H and O–H groups in total. The predicted octanol–water partition coefficient (Wildman–Crippen LogP) is 1.31. The molecule has 1 aromatic carbocycles. The number of nitrogens with zero attached hydrogens (tertiary/aromatic N) is 1. The van der Waals surface area contributed by atoms with E-state index in [-0.39, 0.29) is 12.5 Å². The standard InChI is InChI=1S/C14H13N3O2/c1-10-4-5-11(3-2-6-18)13(7-10)17-14(19)12-8-15-16-9-12/h4-5,7-9,18H,6H2,1H3,(H,15,16)(H,17,19). The highest BCUT2D eigenvalue weighted by Crippen LogP contribution is 2.17. The summed E-state index contributed by atoms with van der Waals surface area (Å²) in [7, 11) is 0. The van der Waals surface area contributed by atoms with Crippen LogP contribution >= 0.6 is 0 Å². The third-order valence-corrected chi connectivity index (χ3v) is 2.49. The SMILES string of the molecule is Cc1ccc(C#CCO)c(NC(=O)c2cn[nH]c2)c1. The largest absolute Gasteiger partial charge is 0.384 e. The summed E-state index contributed by atoms with van der Waals surface area (Å²) in [5, 5.41) is 17.8. The van der Waals surface area contributed by atoms with Crippen LogP contribution in [0.1, 0.15) is 21.5 Å². The van der Waals surface area contributed by atoms with Crippen LogP contribution in [0.3, 0.4) is 0 Å². The molecule has 0 saturated carbocycles. The predicted molar refractivity (Wildman–Crippen MR) is 71.7 cm³/mol. The number of carbonyl (C=O) groups excluding carboxylic acids is 1. The van der Waals surface area contributed by atoms with Crippen LogP contribution in [0.4, 0.5) is 5.69 Å². The van der Waals surface area contributed by atoms with Crippen molar-refractivity contribution in [2.45, 2.75) is 6.92 Å². The first-order chi connectivity index (χ1) is 9.20. The van der Waals surface area contributed by atoms with E-state index >= 15 is 0 Å². The third kappa shape index (κ3) is 3.21. The fraction of sp³-hybridized carbons (Fsp3) is 0.143. The number of amides is 1. The lowest BCUT2D eigenvalue weighted by Crippen LogP contribution is -2.12. The molecule has 19 heavy (non-hydrogen) atoms. The van der Waals surface area contributed by atoms with Gasteiger partial charge in [-0.05, 0) is 24.6 Å². The highest BCUT2D eigenvalue weighted by atomic mass is 16.2. The quantitative estimate of drug-likeness (QED) is 0.708. The molecule has 0 aliphatic carbocycles. The molecule has 0 saturated heterocycles. The van der Waals surface area contributed by atoms with Crippen molar-refractivity contribution in [3.05, 3.63) is 47.3 Å². The van der Waals surface area contributed by atoms with Crippen molar-refractivity contribution < 1.29 is 9.90 Å². The summed E-state index contributed by atoms with van der Waals surface area (Å²) in [6.45, 7) is 1.71. The number of nitrogens with one attached hydrogen (secondary N) is 2. The fourth-order valence-electron chi connectivity index (χ4n) is 1.57. The highest BCUT2D eigenvalue weighted by Gasteiger charge is 2.09. The Morgan fingerprint density at radius 3 is 3.05 bits per heavy atom. The molecule has 0 radical (unpaired) electrons. The van der Waals surface area contributed by atoms with Gasteiger partial charge >= 0.3 is 0 Å². The van der Waals surface area contributed by atoms with Gasteiger partial charge in [-0.1, -0.05) is 17.9 Å². The van der Waals surface area contributed by atoms with Crippen LogP contribution in [0.15, 0.2) is 30.6 Å². The monoisotopic (exact) mass is 255 g/mol. The highest BCUT2D eigenvalue weighted by molar-refractivity contribution is 6.04. The second-order valence-electron chi connectivity index (χ2n) is 3.95. The van der Waals surface area contributed by atoms with Gasteiger partial charge in [0.15, 0.2) is 0 Å². The van der Waals surface area contributed by atoms with Crippen molar-refractivity contribution in [1.29, 1.82) is 0 Å². The Morgan fingerprint density at radius 1 is 1.53 bits per heavy atom. The number of anilines is 1. The minimum absolute atomic E-state index is 0.219. The molecule has 0 bridgehead atoms. The molecule has 0 aliphatic heterocycles. The lowest BCUT2D eigenvalue weighted by Gasteiger charge is -2.07. The summed E-state index contributed by atoms with van der Waals surface area (Å²) >= 11 is 0. The number of aliphatic hydroxyl groups is 1. The van der Waals surface area contributed by atoms with Gasteiger partial charge in [0, 0.05) is 11.8 Å². The smallest absolute Gasteiger partial charge is 0.258 e. The summed E-state index contributed by atoms with van der Waals surface area (Å²) in [6.07, 6.45) is 2.97. The normalized spacial score (nSPS) is 9.58. The molecule has 5 nitrogen and oxygen atoms in total. The van der Waals surface area contributed by atoms with E-state index in [0.29, 0.717) is 16.8 Å². The maximum atomic E-state index is 11.9. The van der Waals surface area contributed by atoms with Crippen molar-refractivity contribution in [2.24, 2.45) is 0 Å². The van der Waals surface area contributed by atoms with Crippen molar-refractivity contribution in [1.82, 2.24) is 10.2 Å². The van der Waals surface area contributed by atoms with Gasteiger partial charge in [0.1, 0.15) is 6.61 Å². The molecule has 1 aromatic heterocycles. The average molecular weight is 255 g/mol. The van der Waals surface area contributed by atoms with E-state index in [0.717, 1.165) is 5.56 Å². The Morgan fingerprint density at radius 2 is 2.37 bits per heavy atom. The van der Waals surface area contributed by atoms with Crippen LogP contribution in [0, 0.1) is 18.8 Å². The molecule has 0 aliphatic rings. The van der Waals surface area contributed by atoms with Crippen LogP contribution < -0.4 is 5.32 Å². The summed E-state index contributed by atoms with van der Waals surface area (Å²) in [6, 6.07) is 5.54. The van der Waals surface area contributed by atoms with Gasteiger partial charge in [0.2, 0.25) is 0 Å². The maximum Gasteiger partial charge on any atom is 0.258 e. The number of benzene rings is 1. The van der Waals surface area contributed by atoms with E-state index in [1.165, 1.54) is 12.4 Å². The minimum Gasteiger partial charge on any atom is -0.384 e. The van der Waals surface area contributed by atoms with Crippen LogP contribution in [0.2, 0.25) is 0 Å². The molecule has 1 heterocycles. The summed E-state index contributed by atoms with van der Waals surface area (Å²) in [5.74, 6) is 5.11. The van der Waals surface area contributed by atoms with E-state index in [9.17, 15) is 4.79 Å². The fourth-order valence-corrected chi connectivity index (χ4v) is 1.57. The molecule has 2 aromatic rings. The first kappa shape index (κ1) is 12.9. The number of hydrogen-bond acceptors (Lipinski definition) is 3. The van der Waals surface area contributed by atoms with Crippen molar-refractivity contribution in [2.75, 3.05) is 11.9 Å². The molecule has 2 rings (SSSR count). The number of hydrogen-bond donors (Lipinski definition) is 3. The second kappa shape index (κ2) is 5.85. The van der Waals surface area contributed by atoms with E-state index in [1.807, 2.05) is 25.1 Å². The van der Waals surface area contributed by atoms with Gasteiger partial charge in [-0.3, -0.25) is 9.89 Å². The van der Waals surface area contributed by atoms with Crippen molar-refractivity contribution >= 4 is 11.6 Å². The lowest BCUT2D eigenvalue weighted by atomic mass is 10.1. The van der Waals surface area contributed by atoms with E-state index < -0.39 is 0 Å². The zero-order valence-electron chi connectivity index (χ0n) is 10.4. The Kier molecular flexibility index (Phi) is 3.96. The van der Waals surface area contributed by atoms with Gasteiger partial charge in [-0.15, -0.1) is 0 Å². The molecule has 1 amide bonds. The van der Waals surface area contributed by atoms with Crippen LogP contribution in [0.25, 0.3) is 0 Å². The molecule has 5 heteroatoms. The average Bonchev–Trinajstić information content (AvgIpc) is 2.92. The van der Waals surface area contributed by atoms with Gasteiger partial charge in [0.05, 0.1) is 17.4 Å². The Bertz CT molecular complexity index is 636. The number of aromatic amines is 1. The molecule has 0 unspecified atom stereocenters. The number of carbonyl (C=O) groups is 1. The van der Waals surface area contributed by atoms with Gasteiger partial charge in [-0.25, -0.2) is 0 Å². The summed E-state index contributed by atoms with van der Waals surface area (Å²) in [5.41, 5.74) is 2.74. The third-order valence-electron chi connectivity index (χ3n) is 2.49. The molecule has 96 valence electrons. The number of rotatable bonds is 2. The van der Waals surface area contributed by atoms with Gasteiger partial charge in [-0.2, -0.15) is 5.10 Å². The summed E-state index contributed by atoms with van der Waals surface area (Å²) < 4.78 is 0. The van der Waals surface area contributed by atoms with Crippen LogP contribution in [0.5, 0.6) is 0 Å². The van der Waals surface area contributed by atoms with Crippen LogP contribution in [-0.2, 0) is 0 Å². The number of aliphatic hydroxyl groups excluding tert-OH is 1. The van der Waals surface area contributed by atoms with Crippen LogP contribution in [-0.4, -0.2) is 27.8 Å². The topological polar surface area (TPSA) is 78.0 Å². The Hall–Kier alpha value is -2.58. The Labute approximate surface area is 110 Å². The molecule has 0 atom stereocenters. The maximum absolute atomic E-state index is 11.9. The second-order valence-corrected chi connectivity index (χ2v) is 3.95. The number of H-pyrrole nitrogens is 1. The van der Waals surface area contributed by atoms with E-state index in [1.54, 1.807) is 0 Å². The number of aryl methyl sites for hydroxylation is 1.